The second-order valence-electron chi connectivity index (χ2n) is 9.20. The molecule has 3 fully saturated rings. The highest BCUT2D eigenvalue weighted by atomic mass is 19.1. The van der Waals surface area contributed by atoms with Gasteiger partial charge in [-0.2, -0.15) is 0 Å². The summed E-state index contributed by atoms with van der Waals surface area (Å²) < 4.78 is 33.3. The molecule has 3 aliphatic rings. The predicted octanol–water partition coefficient (Wildman–Crippen LogP) is 3.81. The summed E-state index contributed by atoms with van der Waals surface area (Å²) in [7, 11) is 0. The van der Waals surface area contributed by atoms with Crippen LogP contribution >= 0.6 is 0 Å². The van der Waals surface area contributed by atoms with Gasteiger partial charge in [0.15, 0.2) is 0 Å². The van der Waals surface area contributed by atoms with Gasteiger partial charge in [0.2, 0.25) is 5.91 Å². The molecule has 1 spiro atoms. The summed E-state index contributed by atoms with van der Waals surface area (Å²) in [6.07, 6.45) is 3.90. The maximum absolute atomic E-state index is 14.0. The van der Waals surface area contributed by atoms with E-state index in [1.807, 2.05) is 11.0 Å². The molecule has 2 aromatic rings. The summed E-state index contributed by atoms with van der Waals surface area (Å²) in [5.74, 6) is -0.852. The normalized spacial score (nSPS) is 25.0. The Morgan fingerprint density at radius 1 is 0.938 bits per heavy atom. The predicted molar refractivity (Wildman–Crippen MR) is 115 cm³/mol. The van der Waals surface area contributed by atoms with Gasteiger partial charge < -0.3 is 14.5 Å². The van der Waals surface area contributed by atoms with Crippen LogP contribution in [-0.4, -0.2) is 48.6 Å². The van der Waals surface area contributed by atoms with Gasteiger partial charge in [0.1, 0.15) is 23.8 Å². The third-order valence-corrected chi connectivity index (χ3v) is 7.23. The summed E-state index contributed by atoms with van der Waals surface area (Å²) in [5.41, 5.74) is 0.0126. The number of hydrogen-bond donors (Lipinski definition) is 0. The van der Waals surface area contributed by atoms with E-state index in [1.54, 1.807) is 23.1 Å². The molecule has 0 unspecified atom stereocenters. The van der Waals surface area contributed by atoms with E-state index >= 15 is 0 Å². The van der Waals surface area contributed by atoms with E-state index in [0.29, 0.717) is 44.6 Å². The van der Waals surface area contributed by atoms with Crippen molar-refractivity contribution >= 4 is 17.5 Å². The zero-order valence-electron chi connectivity index (χ0n) is 17.9. The number of rotatable bonds is 3. The first-order chi connectivity index (χ1) is 15.4. The summed E-state index contributed by atoms with van der Waals surface area (Å²) in [6.45, 7) is 1.15. The van der Waals surface area contributed by atoms with Gasteiger partial charge in [0.05, 0.1) is 18.5 Å². The van der Waals surface area contributed by atoms with Crippen molar-refractivity contribution in [3.05, 3.63) is 65.7 Å². The zero-order chi connectivity index (χ0) is 22.3. The lowest BCUT2D eigenvalue weighted by atomic mass is 9.77. The molecular weight excluding hydrogens is 414 g/mol. The highest BCUT2D eigenvalue weighted by Crippen LogP contribution is 2.44. The molecule has 1 atom stereocenters. The van der Waals surface area contributed by atoms with Crippen molar-refractivity contribution in [2.45, 2.75) is 43.1 Å². The van der Waals surface area contributed by atoms with E-state index in [-0.39, 0.29) is 30.1 Å². The summed E-state index contributed by atoms with van der Waals surface area (Å²) in [5, 5.41) is 0. The van der Waals surface area contributed by atoms with Gasteiger partial charge in [0.25, 0.3) is 5.91 Å². The lowest BCUT2D eigenvalue weighted by Crippen LogP contribution is -2.57. The molecule has 0 N–H and O–H groups in total. The smallest absolute Gasteiger partial charge is 0.253 e. The molecule has 32 heavy (non-hydrogen) atoms. The molecule has 1 aliphatic carbocycles. The van der Waals surface area contributed by atoms with Gasteiger partial charge in [-0.1, -0.05) is 25.0 Å². The van der Waals surface area contributed by atoms with E-state index in [0.717, 1.165) is 18.4 Å². The summed E-state index contributed by atoms with van der Waals surface area (Å²) in [6, 6.07) is 12.2. The summed E-state index contributed by atoms with van der Waals surface area (Å²) in [4.78, 5) is 29.7. The van der Waals surface area contributed by atoms with Crippen LogP contribution in [0.4, 0.5) is 14.5 Å². The summed E-state index contributed by atoms with van der Waals surface area (Å²) >= 11 is 0. The minimum Gasteiger partial charge on any atom is -0.361 e. The molecule has 2 heterocycles. The number of carbonyl (C=O) groups excluding carboxylic acids is 2. The van der Waals surface area contributed by atoms with Crippen LogP contribution in [0.25, 0.3) is 0 Å². The van der Waals surface area contributed by atoms with Crippen LogP contribution in [0.3, 0.4) is 0 Å². The molecule has 1 saturated carbocycles. The Bertz CT molecular complexity index is 1040. The van der Waals surface area contributed by atoms with E-state index in [4.69, 9.17) is 4.74 Å². The fourth-order valence-electron chi connectivity index (χ4n) is 5.53. The standard InChI is InChI=1S/C25H26F2N2O3/c26-19-6-8-21(9-7-19)29-17-24(32-15-22(29)30)12-13-28(16-24)23(31)25(10-1-2-11-25)18-4-3-5-20(27)14-18/h3-9,14H,1-2,10-13,15-17H2/t24-/m1/s1. The van der Waals surface area contributed by atoms with Crippen LogP contribution in [0.15, 0.2) is 48.5 Å². The van der Waals surface area contributed by atoms with Gasteiger partial charge in [-0.3, -0.25) is 9.59 Å². The number of morpholine rings is 1. The van der Waals surface area contributed by atoms with E-state index in [1.165, 1.54) is 24.3 Å². The first kappa shape index (κ1) is 21.1. The van der Waals surface area contributed by atoms with Crippen LogP contribution in [0.1, 0.15) is 37.7 Å². The van der Waals surface area contributed by atoms with Crippen molar-refractivity contribution in [3.63, 3.8) is 0 Å². The second-order valence-corrected chi connectivity index (χ2v) is 9.20. The highest BCUT2D eigenvalue weighted by molar-refractivity contribution is 5.95. The monoisotopic (exact) mass is 440 g/mol. The van der Waals surface area contributed by atoms with E-state index in [9.17, 15) is 18.4 Å². The number of carbonyl (C=O) groups is 2. The zero-order valence-corrected chi connectivity index (χ0v) is 17.9. The average Bonchev–Trinajstić information content (AvgIpc) is 3.45. The van der Waals surface area contributed by atoms with Crippen LogP contribution < -0.4 is 4.90 Å². The van der Waals surface area contributed by atoms with Crippen molar-refractivity contribution in [1.29, 1.82) is 0 Å². The number of nitrogens with zero attached hydrogens (tertiary/aromatic N) is 2. The fraction of sp³-hybridized carbons (Fsp3) is 0.440. The van der Waals surface area contributed by atoms with E-state index in [2.05, 4.69) is 0 Å². The minimum atomic E-state index is -0.700. The first-order valence-electron chi connectivity index (χ1n) is 11.2. The van der Waals surface area contributed by atoms with Crippen molar-refractivity contribution < 1.29 is 23.1 Å². The number of halogens is 2. The molecular formula is C25H26F2N2O3. The Labute approximate surface area is 186 Å². The number of ether oxygens (including phenoxy) is 1. The molecule has 0 aromatic heterocycles. The lowest BCUT2D eigenvalue weighted by Gasteiger charge is -2.40. The number of amides is 2. The molecule has 2 aromatic carbocycles. The quantitative estimate of drug-likeness (QED) is 0.729. The van der Waals surface area contributed by atoms with Crippen LogP contribution in [0, 0.1) is 11.6 Å². The van der Waals surface area contributed by atoms with Crippen LogP contribution in [0.2, 0.25) is 0 Å². The lowest BCUT2D eigenvalue weighted by molar-refractivity contribution is -0.141. The Morgan fingerprint density at radius 3 is 2.41 bits per heavy atom. The van der Waals surface area contributed by atoms with Crippen LogP contribution in [0.5, 0.6) is 0 Å². The molecule has 2 saturated heterocycles. The second kappa shape index (κ2) is 7.96. The molecule has 5 nitrogen and oxygen atoms in total. The van der Waals surface area contributed by atoms with Crippen molar-refractivity contribution in [1.82, 2.24) is 4.90 Å². The van der Waals surface area contributed by atoms with Gasteiger partial charge in [0, 0.05) is 12.2 Å². The largest absolute Gasteiger partial charge is 0.361 e. The Balaban J connectivity index is 1.37. The highest BCUT2D eigenvalue weighted by Gasteiger charge is 2.51. The maximum atomic E-state index is 14.0. The third-order valence-electron chi connectivity index (χ3n) is 7.23. The number of likely N-dealkylation sites (tertiary alicyclic amines) is 1. The number of hydrogen-bond acceptors (Lipinski definition) is 3. The van der Waals surface area contributed by atoms with Crippen molar-refractivity contribution in [2.24, 2.45) is 0 Å². The molecule has 2 aliphatic heterocycles. The Hall–Kier alpha value is -2.80. The molecule has 2 amide bonds. The van der Waals surface area contributed by atoms with Gasteiger partial charge in [-0.15, -0.1) is 0 Å². The Morgan fingerprint density at radius 2 is 1.69 bits per heavy atom. The third kappa shape index (κ3) is 3.58. The fourth-order valence-corrected chi connectivity index (χ4v) is 5.53. The first-order valence-corrected chi connectivity index (χ1v) is 11.2. The molecule has 168 valence electrons. The molecule has 0 bridgehead atoms. The van der Waals surface area contributed by atoms with Crippen LogP contribution in [-0.2, 0) is 19.7 Å². The number of anilines is 1. The maximum Gasteiger partial charge on any atom is 0.253 e. The Kier molecular flexibility index (Phi) is 5.24. The van der Waals surface area contributed by atoms with Crippen molar-refractivity contribution in [2.75, 3.05) is 31.1 Å². The molecule has 5 rings (SSSR count). The van der Waals surface area contributed by atoms with Gasteiger partial charge in [-0.25, -0.2) is 8.78 Å². The molecule has 7 heteroatoms. The topological polar surface area (TPSA) is 49.9 Å². The van der Waals surface area contributed by atoms with E-state index < -0.39 is 11.0 Å². The molecule has 0 radical (unpaired) electrons. The SMILES string of the molecule is O=C1CO[C@@]2(CCN(C(=O)C3(c4cccc(F)c4)CCCC3)C2)CN1c1ccc(F)cc1. The average molecular weight is 440 g/mol. The van der Waals surface area contributed by atoms with Gasteiger partial charge in [-0.05, 0) is 61.2 Å². The van der Waals surface area contributed by atoms with Gasteiger partial charge >= 0.3 is 0 Å². The number of benzene rings is 2. The minimum absolute atomic E-state index is 0.0197. The van der Waals surface area contributed by atoms with Crippen molar-refractivity contribution in [3.8, 4) is 0 Å².